The summed E-state index contributed by atoms with van der Waals surface area (Å²) in [4.78, 5) is 22.8. The molecule has 1 amide bonds. The number of anilines is 1. The van der Waals surface area contributed by atoms with Gasteiger partial charge in [-0.05, 0) is 67.2 Å². The molecule has 2 fully saturated rings. The molecule has 166 valence electrons. The molecule has 1 aromatic heterocycles. The van der Waals surface area contributed by atoms with Crippen LogP contribution in [0.5, 0.6) is 0 Å². The van der Waals surface area contributed by atoms with Crippen molar-refractivity contribution in [1.82, 2.24) is 14.9 Å². The van der Waals surface area contributed by atoms with Crippen LogP contribution in [0.1, 0.15) is 61.3 Å². The monoisotopic (exact) mass is 418 g/mol. The first-order valence-corrected chi connectivity index (χ1v) is 10.8. The fraction of sp³-hybridized carbons (Fsp3) is 0.762. The zero-order chi connectivity index (χ0) is 22.2. The summed E-state index contributed by atoms with van der Waals surface area (Å²) in [7, 11) is -0.457. The summed E-state index contributed by atoms with van der Waals surface area (Å²) in [5, 5.41) is 3.31. The molecule has 3 heterocycles. The van der Waals surface area contributed by atoms with Crippen molar-refractivity contribution in [3.63, 3.8) is 0 Å². The maximum absolute atomic E-state index is 12.2. The minimum Gasteiger partial charge on any atom is -0.444 e. The first-order chi connectivity index (χ1) is 13.9. The van der Waals surface area contributed by atoms with Crippen LogP contribution in [0.25, 0.3) is 0 Å². The van der Waals surface area contributed by atoms with Crippen molar-refractivity contribution in [2.45, 2.75) is 78.1 Å². The number of likely N-dealkylation sites (tertiary alicyclic amines) is 1. The van der Waals surface area contributed by atoms with E-state index >= 15 is 0 Å². The van der Waals surface area contributed by atoms with Crippen LogP contribution in [0.4, 0.5) is 10.7 Å². The van der Waals surface area contributed by atoms with Gasteiger partial charge in [0.2, 0.25) is 5.95 Å². The molecular weight excluding hydrogens is 383 g/mol. The quantitative estimate of drug-likeness (QED) is 0.753. The number of nitrogens with zero attached hydrogens (tertiary/aromatic N) is 3. The Morgan fingerprint density at radius 3 is 2.20 bits per heavy atom. The molecule has 0 saturated carbocycles. The molecule has 0 aromatic carbocycles. The lowest BCUT2D eigenvalue weighted by atomic mass is 9.81. The molecule has 8 nitrogen and oxygen atoms in total. The van der Waals surface area contributed by atoms with Crippen molar-refractivity contribution in [2.75, 3.05) is 25.0 Å². The number of ether oxygens (including phenoxy) is 1. The summed E-state index contributed by atoms with van der Waals surface area (Å²) in [6.45, 7) is 16.0. The molecule has 0 spiro atoms. The van der Waals surface area contributed by atoms with Gasteiger partial charge in [-0.25, -0.2) is 14.8 Å². The molecule has 30 heavy (non-hydrogen) atoms. The largest absolute Gasteiger partial charge is 0.498 e. The molecule has 2 saturated heterocycles. The van der Waals surface area contributed by atoms with Crippen LogP contribution in [0, 0.1) is 5.92 Å². The van der Waals surface area contributed by atoms with E-state index in [1.807, 2.05) is 48.5 Å². The van der Waals surface area contributed by atoms with E-state index in [0.29, 0.717) is 25.0 Å². The smallest absolute Gasteiger partial charge is 0.444 e. The molecule has 1 N–H and O–H groups in total. The van der Waals surface area contributed by atoms with Crippen molar-refractivity contribution >= 4 is 24.6 Å². The molecule has 2 aliphatic rings. The lowest BCUT2D eigenvalue weighted by Crippen LogP contribution is -2.42. The Bertz CT molecular complexity index is 724. The summed E-state index contributed by atoms with van der Waals surface area (Å²) in [5.41, 5.74) is -0.421. The molecule has 0 radical (unpaired) electrons. The van der Waals surface area contributed by atoms with Gasteiger partial charge in [-0.15, -0.1) is 0 Å². The van der Waals surface area contributed by atoms with Gasteiger partial charge in [0.15, 0.2) is 0 Å². The Balaban J connectivity index is 1.45. The van der Waals surface area contributed by atoms with E-state index in [2.05, 4.69) is 15.3 Å². The second-order valence-electron chi connectivity index (χ2n) is 10.2. The number of amides is 1. The van der Waals surface area contributed by atoms with Crippen molar-refractivity contribution in [3.05, 3.63) is 12.4 Å². The van der Waals surface area contributed by atoms with Crippen molar-refractivity contribution in [1.29, 1.82) is 0 Å². The topological polar surface area (TPSA) is 85.8 Å². The summed E-state index contributed by atoms with van der Waals surface area (Å²) in [6.07, 6.45) is 5.14. The maximum atomic E-state index is 12.2. The summed E-state index contributed by atoms with van der Waals surface area (Å²) < 4.78 is 17.5. The fourth-order valence-electron chi connectivity index (χ4n) is 3.41. The zero-order valence-corrected chi connectivity index (χ0v) is 19.3. The van der Waals surface area contributed by atoms with Crippen LogP contribution < -0.4 is 10.8 Å². The zero-order valence-electron chi connectivity index (χ0n) is 19.3. The minimum absolute atomic E-state index is 0.226. The molecule has 0 aliphatic carbocycles. The van der Waals surface area contributed by atoms with Gasteiger partial charge in [-0.2, -0.15) is 0 Å². The van der Waals surface area contributed by atoms with E-state index in [1.54, 1.807) is 17.3 Å². The van der Waals surface area contributed by atoms with Crippen LogP contribution in [0.3, 0.4) is 0 Å². The highest BCUT2D eigenvalue weighted by Crippen LogP contribution is 2.36. The Morgan fingerprint density at radius 1 is 1.17 bits per heavy atom. The Morgan fingerprint density at radius 2 is 1.70 bits per heavy atom. The van der Waals surface area contributed by atoms with Gasteiger partial charge in [0.05, 0.1) is 11.2 Å². The van der Waals surface area contributed by atoms with Gasteiger partial charge < -0.3 is 24.3 Å². The van der Waals surface area contributed by atoms with Crippen LogP contribution in [0.15, 0.2) is 12.4 Å². The summed E-state index contributed by atoms with van der Waals surface area (Å²) in [5.74, 6) is 1.06. The third kappa shape index (κ3) is 5.43. The lowest BCUT2D eigenvalue weighted by Gasteiger charge is -2.33. The number of nitrogens with one attached hydrogen (secondary N) is 1. The lowest BCUT2D eigenvalue weighted by molar-refractivity contribution is 0.00578. The third-order valence-corrected chi connectivity index (χ3v) is 6.01. The van der Waals surface area contributed by atoms with Crippen LogP contribution >= 0.6 is 0 Å². The van der Waals surface area contributed by atoms with Crippen molar-refractivity contribution in [2.24, 2.45) is 5.92 Å². The van der Waals surface area contributed by atoms with Gasteiger partial charge in [0, 0.05) is 37.5 Å². The van der Waals surface area contributed by atoms with E-state index in [-0.39, 0.29) is 17.3 Å². The molecule has 1 aromatic rings. The van der Waals surface area contributed by atoms with E-state index in [0.717, 1.165) is 24.8 Å². The maximum Gasteiger partial charge on any atom is 0.498 e. The Kier molecular flexibility index (Phi) is 6.34. The summed E-state index contributed by atoms with van der Waals surface area (Å²) in [6, 6.07) is 0. The molecule has 0 bridgehead atoms. The minimum atomic E-state index is -0.459. The van der Waals surface area contributed by atoms with Crippen LogP contribution in [-0.4, -0.2) is 64.5 Å². The number of hydrogen-bond acceptors (Lipinski definition) is 7. The fourth-order valence-corrected chi connectivity index (χ4v) is 3.41. The van der Waals surface area contributed by atoms with Crippen LogP contribution in [-0.2, 0) is 14.0 Å². The highest BCUT2D eigenvalue weighted by Gasteiger charge is 2.51. The average molecular weight is 418 g/mol. The average Bonchev–Trinajstić information content (AvgIpc) is 2.87. The van der Waals surface area contributed by atoms with E-state index in [1.165, 1.54) is 0 Å². The number of rotatable bonds is 4. The van der Waals surface area contributed by atoms with E-state index in [4.69, 9.17) is 14.0 Å². The third-order valence-electron chi connectivity index (χ3n) is 6.01. The molecule has 0 unspecified atom stereocenters. The Labute approximate surface area is 180 Å². The highest BCUT2D eigenvalue weighted by molar-refractivity contribution is 6.61. The molecule has 0 atom stereocenters. The summed E-state index contributed by atoms with van der Waals surface area (Å²) >= 11 is 0. The number of aromatic nitrogens is 2. The predicted molar refractivity (Wildman–Crippen MR) is 117 cm³/mol. The Hall–Kier alpha value is -1.87. The second-order valence-corrected chi connectivity index (χ2v) is 10.2. The molecule has 3 rings (SSSR count). The van der Waals surface area contributed by atoms with Crippen molar-refractivity contribution in [3.8, 4) is 0 Å². The van der Waals surface area contributed by atoms with Gasteiger partial charge in [0.1, 0.15) is 5.60 Å². The van der Waals surface area contributed by atoms with Gasteiger partial charge in [-0.3, -0.25) is 0 Å². The number of hydrogen-bond donors (Lipinski definition) is 1. The number of carbonyl (C=O) groups excluding carboxylic acids is 1. The molecular formula is C21H35BN4O4. The number of piperidine rings is 1. The standard InChI is InChI=1S/C21H35BN4O4/c1-19(2,3)28-18(27)26-10-8-15(9-11-26)12-23-17-24-13-16(14-25-17)22-29-20(4,5)21(6,7)30-22/h13-15H,8-12H2,1-7H3,(H,23,24,25). The van der Waals surface area contributed by atoms with E-state index in [9.17, 15) is 4.79 Å². The normalized spacial score (nSPS) is 21.6. The molecule has 9 heteroatoms. The van der Waals surface area contributed by atoms with Crippen LogP contribution in [0.2, 0.25) is 0 Å². The second kappa shape index (κ2) is 8.34. The first kappa shape index (κ1) is 22.8. The first-order valence-electron chi connectivity index (χ1n) is 10.8. The SMILES string of the molecule is CC(C)(C)OC(=O)N1CCC(CNc2ncc(B3OC(C)(C)C(C)(C)O3)cn2)CC1. The van der Waals surface area contributed by atoms with Gasteiger partial charge >= 0.3 is 13.2 Å². The highest BCUT2D eigenvalue weighted by atomic mass is 16.7. The number of carbonyl (C=O) groups is 1. The molecule has 2 aliphatic heterocycles. The van der Waals surface area contributed by atoms with E-state index < -0.39 is 12.7 Å². The van der Waals surface area contributed by atoms with Gasteiger partial charge in [0.25, 0.3) is 0 Å². The van der Waals surface area contributed by atoms with Crippen molar-refractivity contribution < 1.29 is 18.8 Å². The predicted octanol–water partition coefficient (Wildman–Crippen LogP) is 2.83. The van der Waals surface area contributed by atoms with Gasteiger partial charge in [-0.1, -0.05) is 0 Å².